The van der Waals surface area contributed by atoms with Crippen molar-refractivity contribution in [3.05, 3.63) is 48.8 Å². The Morgan fingerprint density at radius 2 is 1.89 bits per heavy atom. The summed E-state index contributed by atoms with van der Waals surface area (Å²) < 4.78 is 31.9. The highest BCUT2D eigenvalue weighted by molar-refractivity contribution is 7.89. The second-order valence-corrected chi connectivity index (χ2v) is 8.06. The minimum absolute atomic E-state index is 0.164. The van der Waals surface area contributed by atoms with Crippen LogP contribution in [-0.2, 0) is 14.8 Å². The molecule has 144 valence electrons. The number of amides is 1. The molecule has 1 aromatic carbocycles. The lowest BCUT2D eigenvalue weighted by atomic mass is 10.3. The normalized spacial score (nSPS) is 16.0. The van der Waals surface area contributed by atoms with Crippen molar-refractivity contribution in [2.45, 2.75) is 4.90 Å². The summed E-state index contributed by atoms with van der Waals surface area (Å²) in [4.78, 5) is 18.3. The third-order valence-electron chi connectivity index (χ3n) is 4.35. The van der Waals surface area contributed by atoms with E-state index in [1.807, 2.05) is 17.0 Å². The van der Waals surface area contributed by atoms with Gasteiger partial charge in [0.05, 0.1) is 19.3 Å². The molecule has 1 aliphatic rings. The predicted octanol–water partition coefficient (Wildman–Crippen LogP) is 1.04. The van der Waals surface area contributed by atoms with E-state index >= 15 is 0 Å². The zero-order valence-electron chi connectivity index (χ0n) is 15.0. The number of nitrogens with one attached hydrogen (secondary N) is 1. The molecule has 1 amide bonds. The van der Waals surface area contributed by atoms with E-state index in [0.717, 1.165) is 0 Å². The molecular weight excluding hydrogens is 368 g/mol. The van der Waals surface area contributed by atoms with Crippen LogP contribution in [0.4, 0.5) is 5.69 Å². The zero-order chi connectivity index (χ0) is 19.3. The number of pyridine rings is 1. The molecule has 2 heterocycles. The standard InChI is InChI=1S/C18H22N4O4S/c1-26-17-7-3-2-6-16(17)20-18(23)14-21-9-11-22(12-10-21)27(24,25)15-5-4-8-19-13-15/h2-8,13H,9-12,14H2,1H3,(H,20,23). The fourth-order valence-corrected chi connectivity index (χ4v) is 4.30. The fraction of sp³-hybridized carbons (Fsp3) is 0.333. The zero-order valence-corrected chi connectivity index (χ0v) is 15.9. The fourth-order valence-electron chi connectivity index (χ4n) is 2.92. The van der Waals surface area contributed by atoms with Gasteiger partial charge in [0.15, 0.2) is 0 Å². The Hall–Kier alpha value is -2.49. The molecule has 27 heavy (non-hydrogen) atoms. The van der Waals surface area contributed by atoms with E-state index in [0.29, 0.717) is 37.6 Å². The van der Waals surface area contributed by atoms with Gasteiger partial charge < -0.3 is 10.1 Å². The van der Waals surface area contributed by atoms with Crippen LogP contribution in [0.2, 0.25) is 0 Å². The number of benzene rings is 1. The summed E-state index contributed by atoms with van der Waals surface area (Å²) in [6.07, 6.45) is 2.89. The number of hydrogen-bond acceptors (Lipinski definition) is 6. The SMILES string of the molecule is COc1ccccc1NC(=O)CN1CCN(S(=O)(=O)c2cccnc2)CC1. The van der Waals surface area contributed by atoms with Gasteiger partial charge in [-0.05, 0) is 24.3 Å². The summed E-state index contributed by atoms with van der Waals surface area (Å²) in [5.74, 6) is 0.432. The van der Waals surface area contributed by atoms with Gasteiger partial charge in [-0.1, -0.05) is 12.1 Å². The molecule has 0 unspecified atom stereocenters. The number of piperazine rings is 1. The van der Waals surface area contributed by atoms with Gasteiger partial charge in [0.1, 0.15) is 10.6 Å². The van der Waals surface area contributed by atoms with Crippen LogP contribution in [0.5, 0.6) is 5.75 Å². The van der Waals surface area contributed by atoms with E-state index in [9.17, 15) is 13.2 Å². The Balaban J connectivity index is 1.54. The molecule has 9 heteroatoms. The molecule has 0 radical (unpaired) electrons. The van der Waals surface area contributed by atoms with E-state index in [1.165, 1.54) is 22.8 Å². The number of ether oxygens (including phenoxy) is 1. The van der Waals surface area contributed by atoms with E-state index in [-0.39, 0.29) is 17.3 Å². The molecule has 8 nitrogen and oxygen atoms in total. The van der Waals surface area contributed by atoms with Crippen LogP contribution < -0.4 is 10.1 Å². The highest BCUT2D eigenvalue weighted by Gasteiger charge is 2.29. The Morgan fingerprint density at radius 3 is 2.56 bits per heavy atom. The Bertz CT molecular complexity index is 881. The van der Waals surface area contributed by atoms with Crippen molar-refractivity contribution in [3.8, 4) is 5.75 Å². The maximum atomic E-state index is 12.6. The highest BCUT2D eigenvalue weighted by Crippen LogP contribution is 2.23. The van der Waals surface area contributed by atoms with Crippen molar-refractivity contribution in [2.24, 2.45) is 0 Å². The van der Waals surface area contributed by atoms with E-state index < -0.39 is 10.0 Å². The van der Waals surface area contributed by atoms with E-state index in [1.54, 1.807) is 25.3 Å². The van der Waals surface area contributed by atoms with Crippen molar-refractivity contribution in [1.29, 1.82) is 0 Å². The van der Waals surface area contributed by atoms with Crippen LogP contribution in [0.25, 0.3) is 0 Å². The third kappa shape index (κ3) is 4.62. The monoisotopic (exact) mass is 390 g/mol. The maximum Gasteiger partial charge on any atom is 0.244 e. The third-order valence-corrected chi connectivity index (χ3v) is 6.23. The molecular formula is C18H22N4O4S. The second-order valence-electron chi connectivity index (χ2n) is 6.12. The van der Waals surface area contributed by atoms with Gasteiger partial charge in [-0.15, -0.1) is 0 Å². The van der Waals surface area contributed by atoms with Crippen molar-refractivity contribution < 1.29 is 17.9 Å². The molecule has 1 saturated heterocycles. The van der Waals surface area contributed by atoms with Crippen molar-refractivity contribution in [1.82, 2.24) is 14.2 Å². The van der Waals surface area contributed by atoms with Crippen LogP contribution in [0.3, 0.4) is 0 Å². The molecule has 1 fully saturated rings. The molecule has 1 aliphatic heterocycles. The number of hydrogen-bond donors (Lipinski definition) is 1. The summed E-state index contributed by atoms with van der Waals surface area (Å²) in [6, 6.07) is 10.3. The minimum atomic E-state index is -3.54. The van der Waals surface area contributed by atoms with E-state index in [2.05, 4.69) is 10.3 Å². The Morgan fingerprint density at radius 1 is 1.15 bits per heavy atom. The van der Waals surface area contributed by atoms with Gasteiger partial charge in [0, 0.05) is 38.6 Å². The average molecular weight is 390 g/mol. The number of rotatable bonds is 6. The van der Waals surface area contributed by atoms with Gasteiger partial charge >= 0.3 is 0 Å². The molecule has 2 aromatic rings. The Kier molecular flexibility index (Phi) is 6.04. The Labute approximate surface area is 158 Å². The van der Waals surface area contributed by atoms with E-state index in [4.69, 9.17) is 4.74 Å². The van der Waals surface area contributed by atoms with Crippen LogP contribution in [0.15, 0.2) is 53.7 Å². The quantitative estimate of drug-likeness (QED) is 0.792. The van der Waals surface area contributed by atoms with Gasteiger partial charge in [0.25, 0.3) is 0 Å². The van der Waals surface area contributed by atoms with Crippen LogP contribution in [-0.4, -0.2) is 68.3 Å². The number of anilines is 1. The highest BCUT2D eigenvalue weighted by atomic mass is 32.2. The molecule has 0 spiro atoms. The maximum absolute atomic E-state index is 12.6. The summed E-state index contributed by atoms with van der Waals surface area (Å²) in [5.41, 5.74) is 0.614. The first kappa shape index (κ1) is 19.3. The van der Waals surface area contributed by atoms with Crippen molar-refractivity contribution in [3.63, 3.8) is 0 Å². The van der Waals surface area contributed by atoms with Crippen LogP contribution >= 0.6 is 0 Å². The molecule has 1 N–H and O–H groups in total. The predicted molar refractivity (Wildman–Crippen MR) is 101 cm³/mol. The number of carbonyl (C=O) groups excluding carboxylic acids is 1. The largest absolute Gasteiger partial charge is 0.495 e. The lowest BCUT2D eigenvalue weighted by Gasteiger charge is -2.33. The first-order chi connectivity index (χ1) is 13.0. The first-order valence-corrected chi connectivity index (χ1v) is 10.00. The summed E-state index contributed by atoms with van der Waals surface area (Å²) in [7, 11) is -2.00. The second kappa shape index (κ2) is 8.47. The average Bonchev–Trinajstić information content (AvgIpc) is 2.69. The molecule has 0 bridgehead atoms. The first-order valence-electron chi connectivity index (χ1n) is 8.56. The summed E-state index contributed by atoms with van der Waals surface area (Å²) in [6.45, 7) is 1.83. The van der Waals surface area contributed by atoms with Gasteiger partial charge in [-0.3, -0.25) is 14.7 Å². The number of nitrogens with zero attached hydrogens (tertiary/aromatic N) is 3. The molecule has 0 aliphatic carbocycles. The van der Waals surface area contributed by atoms with Crippen LogP contribution in [0.1, 0.15) is 0 Å². The smallest absolute Gasteiger partial charge is 0.244 e. The molecule has 3 rings (SSSR count). The van der Waals surface area contributed by atoms with Gasteiger partial charge in [-0.2, -0.15) is 4.31 Å². The molecule has 1 aromatic heterocycles. The summed E-state index contributed by atoms with van der Waals surface area (Å²) in [5, 5.41) is 2.83. The number of para-hydroxylation sites is 2. The summed E-state index contributed by atoms with van der Waals surface area (Å²) >= 11 is 0. The van der Waals surface area contributed by atoms with Crippen molar-refractivity contribution in [2.75, 3.05) is 45.2 Å². The number of carbonyl (C=O) groups is 1. The molecule has 0 saturated carbocycles. The number of aromatic nitrogens is 1. The minimum Gasteiger partial charge on any atom is -0.495 e. The van der Waals surface area contributed by atoms with Gasteiger partial charge in [-0.25, -0.2) is 8.42 Å². The number of sulfonamides is 1. The lowest BCUT2D eigenvalue weighted by molar-refractivity contribution is -0.117. The topological polar surface area (TPSA) is 91.8 Å². The van der Waals surface area contributed by atoms with Crippen molar-refractivity contribution >= 4 is 21.6 Å². The lowest BCUT2D eigenvalue weighted by Crippen LogP contribution is -2.50. The number of methoxy groups -OCH3 is 1. The van der Waals surface area contributed by atoms with Crippen LogP contribution in [0, 0.1) is 0 Å². The van der Waals surface area contributed by atoms with Gasteiger partial charge in [0.2, 0.25) is 15.9 Å². The molecule has 0 atom stereocenters.